The van der Waals surface area contributed by atoms with Crippen molar-refractivity contribution in [2.45, 2.75) is 46.7 Å². The third-order valence-corrected chi connectivity index (χ3v) is 4.15. The number of hydrogen-bond acceptors (Lipinski definition) is 4. The number of carbonyl (C=O) groups excluding carboxylic acids is 2. The number of nitrogens with zero attached hydrogens (tertiary/aromatic N) is 2. The van der Waals surface area contributed by atoms with Gasteiger partial charge in [0.1, 0.15) is 17.5 Å². The Bertz CT molecular complexity index is 767. The molecule has 1 atom stereocenters. The largest absolute Gasteiger partial charge is 0.361 e. The van der Waals surface area contributed by atoms with E-state index in [1.165, 1.54) is 0 Å². The molecule has 1 aromatic heterocycles. The van der Waals surface area contributed by atoms with Crippen LogP contribution in [-0.4, -0.2) is 35.0 Å². The number of amides is 2. The smallest absolute Gasteiger partial charge is 0.252 e. The predicted octanol–water partition coefficient (Wildman–Crippen LogP) is 3.09. The highest BCUT2D eigenvalue weighted by Crippen LogP contribution is 2.13. The van der Waals surface area contributed by atoms with Crippen LogP contribution in [0.3, 0.4) is 0 Å². The summed E-state index contributed by atoms with van der Waals surface area (Å²) < 4.78 is 5.05. The maximum Gasteiger partial charge on any atom is 0.252 e. The van der Waals surface area contributed by atoms with E-state index < -0.39 is 6.04 Å². The molecule has 6 heteroatoms. The molecule has 1 N–H and O–H groups in total. The average Bonchev–Trinajstić information content (AvgIpc) is 2.98. The van der Waals surface area contributed by atoms with Gasteiger partial charge in [0.2, 0.25) is 5.91 Å². The molecular weight excluding hydrogens is 330 g/mol. The van der Waals surface area contributed by atoms with Crippen LogP contribution in [0.2, 0.25) is 0 Å². The van der Waals surface area contributed by atoms with Crippen LogP contribution in [0.5, 0.6) is 0 Å². The second-order valence-electron chi connectivity index (χ2n) is 7.09. The fourth-order valence-corrected chi connectivity index (χ4v) is 2.84. The molecule has 0 spiro atoms. The number of benzene rings is 1. The quantitative estimate of drug-likeness (QED) is 0.826. The van der Waals surface area contributed by atoms with Crippen molar-refractivity contribution in [3.05, 3.63) is 52.9 Å². The molecule has 0 aliphatic heterocycles. The Balaban J connectivity index is 2.11. The number of hydrogen-bond donors (Lipinski definition) is 1. The molecule has 2 amide bonds. The monoisotopic (exact) mass is 357 g/mol. The number of carbonyl (C=O) groups is 2. The van der Waals surface area contributed by atoms with E-state index in [-0.39, 0.29) is 17.7 Å². The van der Waals surface area contributed by atoms with Crippen molar-refractivity contribution in [2.24, 2.45) is 5.92 Å². The van der Waals surface area contributed by atoms with Crippen LogP contribution in [-0.2, 0) is 11.3 Å². The van der Waals surface area contributed by atoms with Gasteiger partial charge in [-0.1, -0.05) is 37.2 Å². The number of aromatic nitrogens is 1. The Morgan fingerprint density at radius 1 is 1.23 bits per heavy atom. The fraction of sp³-hybridized carbons (Fsp3) is 0.450. The van der Waals surface area contributed by atoms with Crippen LogP contribution >= 0.6 is 0 Å². The van der Waals surface area contributed by atoms with Crippen LogP contribution in [0.25, 0.3) is 0 Å². The number of aryl methyl sites for hydroxylation is 2. The molecule has 6 nitrogen and oxygen atoms in total. The molecule has 1 aromatic carbocycles. The topological polar surface area (TPSA) is 75.4 Å². The van der Waals surface area contributed by atoms with E-state index in [1.807, 2.05) is 45.9 Å². The van der Waals surface area contributed by atoms with Crippen LogP contribution in [0, 0.1) is 19.8 Å². The first-order valence-electron chi connectivity index (χ1n) is 8.81. The van der Waals surface area contributed by atoms with Gasteiger partial charge in [-0.3, -0.25) is 9.59 Å². The lowest BCUT2D eigenvalue weighted by molar-refractivity contribution is -0.133. The normalized spacial score (nSPS) is 12.1. The Kier molecular flexibility index (Phi) is 6.55. The summed E-state index contributed by atoms with van der Waals surface area (Å²) in [5.41, 5.74) is 2.16. The highest BCUT2D eigenvalue weighted by molar-refractivity contribution is 5.98. The molecule has 2 aromatic rings. The minimum atomic E-state index is -0.583. The van der Waals surface area contributed by atoms with E-state index >= 15 is 0 Å². The molecular formula is C20H27N3O3. The van der Waals surface area contributed by atoms with Gasteiger partial charge in [0.25, 0.3) is 5.91 Å². The molecule has 2 rings (SSSR count). The van der Waals surface area contributed by atoms with Crippen molar-refractivity contribution < 1.29 is 14.1 Å². The lowest BCUT2D eigenvalue weighted by Crippen LogP contribution is -2.48. The third-order valence-electron chi connectivity index (χ3n) is 4.15. The van der Waals surface area contributed by atoms with Crippen LogP contribution in [0.4, 0.5) is 0 Å². The van der Waals surface area contributed by atoms with Crippen LogP contribution < -0.4 is 5.32 Å². The van der Waals surface area contributed by atoms with Gasteiger partial charge >= 0.3 is 0 Å². The van der Waals surface area contributed by atoms with Gasteiger partial charge in [0, 0.05) is 18.7 Å². The van der Waals surface area contributed by atoms with Crippen molar-refractivity contribution in [2.75, 3.05) is 7.05 Å². The van der Waals surface area contributed by atoms with E-state index in [4.69, 9.17) is 4.52 Å². The van der Waals surface area contributed by atoms with Gasteiger partial charge in [0.15, 0.2) is 0 Å². The van der Waals surface area contributed by atoms with Gasteiger partial charge in [-0.05, 0) is 37.8 Å². The van der Waals surface area contributed by atoms with Crippen molar-refractivity contribution in [1.29, 1.82) is 0 Å². The molecule has 0 radical (unpaired) electrons. The predicted molar refractivity (Wildman–Crippen MR) is 99.6 cm³/mol. The molecule has 0 fully saturated rings. The molecule has 0 aliphatic rings. The SMILES string of the molecule is Cc1cc(CN(C)C(=O)C(CC(C)C)NC(=O)c2ccccc2C)no1. The second-order valence-corrected chi connectivity index (χ2v) is 7.09. The van der Waals surface area contributed by atoms with Gasteiger partial charge in [-0.25, -0.2) is 0 Å². The third kappa shape index (κ3) is 5.18. The molecule has 1 heterocycles. The van der Waals surface area contributed by atoms with E-state index in [9.17, 15) is 9.59 Å². The minimum absolute atomic E-state index is 0.138. The van der Waals surface area contributed by atoms with Crippen molar-refractivity contribution in [1.82, 2.24) is 15.4 Å². The summed E-state index contributed by atoms with van der Waals surface area (Å²) in [5.74, 6) is 0.602. The molecule has 140 valence electrons. The Labute approximate surface area is 154 Å². The van der Waals surface area contributed by atoms with Crippen molar-refractivity contribution >= 4 is 11.8 Å². The molecule has 0 aliphatic carbocycles. The zero-order valence-corrected chi connectivity index (χ0v) is 16.1. The summed E-state index contributed by atoms with van der Waals surface area (Å²) in [6, 6.07) is 8.57. The average molecular weight is 357 g/mol. The van der Waals surface area contributed by atoms with E-state index in [0.717, 1.165) is 5.56 Å². The summed E-state index contributed by atoms with van der Waals surface area (Å²) in [7, 11) is 1.71. The van der Waals surface area contributed by atoms with Crippen molar-refractivity contribution in [3.63, 3.8) is 0 Å². The molecule has 0 saturated carbocycles. The van der Waals surface area contributed by atoms with Crippen molar-refractivity contribution in [3.8, 4) is 0 Å². The van der Waals surface area contributed by atoms with E-state index in [1.54, 1.807) is 24.1 Å². The zero-order chi connectivity index (χ0) is 19.3. The van der Waals surface area contributed by atoms with Crippen LogP contribution in [0.1, 0.15) is 47.6 Å². The first-order chi connectivity index (χ1) is 12.3. The van der Waals surface area contributed by atoms with Gasteiger partial charge < -0.3 is 14.7 Å². The highest BCUT2D eigenvalue weighted by Gasteiger charge is 2.26. The maximum absolute atomic E-state index is 12.9. The number of nitrogens with one attached hydrogen (secondary N) is 1. The molecule has 26 heavy (non-hydrogen) atoms. The Morgan fingerprint density at radius 2 is 1.92 bits per heavy atom. The first-order valence-corrected chi connectivity index (χ1v) is 8.81. The molecule has 0 bridgehead atoms. The zero-order valence-electron chi connectivity index (χ0n) is 16.1. The number of rotatable bonds is 7. The summed E-state index contributed by atoms with van der Waals surface area (Å²) in [6.07, 6.45) is 0.568. The number of likely N-dealkylation sites (N-methyl/N-ethyl adjacent to an activating group) is 1. The first kappa shape index (κ1) is 19.7. The summed E-state index contributed by atoms with van der Waals surface area (Å²) in [5, 5.41) is 6.83. The van der Waals surface area contributed by atoms with Gasteiger partial charge in [-0.2, -0.15) is 0 Å². The molecule has 0 saturated heterocycles. The summed E-state index contributed by atoms with van der Waals surface area (Å²) in [4.78, 5) is 27.1. The summed E-state index contributed by atoms with van der Waals surface area (Å²) in [6.45, 7) is 8.09. The second kappa shape index (κ2) is 8.65. The van der Waals surface area contributed by atoms with E-state index in [2.05, 4.69) is 10.5 Å². The fourth-order valence-electron chi connectivity index (χ4n) is 2.84. The Hall–Kier alpha value is -2.63. The van der Waals surface area contributed by atoms with Gasteiger partial charge in [-0.15, -0.1) is 0 Å². The maximum atomic E-state index is 12.9. The molecule has 1 unspecified atom stereocenters. The minimum Gasteiger partial charge on any atom is -0.361 e. The lowest BCUT2D eigenvalue weighted by atomic mass is 10.0. The highest BCUT2D eigenvalue weighted by atomic mass is 16.5. The standard InChI is InChI=1S/C20H27N3O3/c1-13(2)10-18(21-19(24)17-9-7-6-8-14(17)3)20(25)23(5)12-16-11-15(4)26-22-16/h6-9,11,13,18H,10,12H2,1-5H3,(H,21,24). The summed E-state index contributed by atoms with van der Waals surface area (Å²) >= 11 is 0. The Morgan fingerprint density at radius 3 is 2.50 bits per heavy atom. The van der Waals surface area contributed by atoms with E-state index in [0.29, 0.717) is 30.0 Å². The van der Waals surface area contributed by atoms with Crippen LogP contribution in [0.15, 0.2) is 34.9 Å². The lowest BCUT2D eigenvalue weighted by Gasteiger charge is -2.25. The van der Waals surface area contributed by atoms with Gasteiger partial charge in [0.05, 0.1) is 6.54 Å².